The van der Waals surface area contributed by atoms with E-state index >= 15 is 0 Å². The number of hydrogen-bond acceptors (Lipinski definition) is 5. The van der Waals surface area contributed by atoms with E-state index in [2.05, 4.69) is 5.32 Å². The molecule has 1 aliphatic heterocycles. The lowest BCUT2D eigenvalue weighted by molar-refractivity contribution is -0.135. The molecule has 1 saturated heterocycles. The molecule has 2 heterocycles. The van der Waals surface area contributed by atoms with E-state index in [4.69, 9.17) is 0 Å². The van der Waals surface area contributed by atoms with E-state index in [0.29, 0.717) is 4.88 Å². The molecule has 0 radical (unpaired) electrons. The van der Waals surface area contributed by atoms with E-state index in [-0.39, 0.29) is 48.8 Å². The van der Waals surface area contributed by atoms with Crippen LogP contribution >= 0.6 is 11.3 Å². The van der Waals surface area contributed by atoms with Crippen molar-refractivity contribution in [2.24, 2.45) is 5.92 Å². The summed E-state index contributed by atoms with van der Waals surface area (Å²) >= 11 is 1.32. The fourth-order valence-corrected chi connectivity index (χ4v) is 6.04. The van der Waals surface area contributed by atoms with Gasteiger partial charge < -0.3 is 10.2 Å². The Kier molecular flexibility index (Phi) is 6.83. The van der Waals surface area contributed by atoms with E-state index in [1.54, 1.807) is 29.2 Å². The van der Waals surface area contributed by atoms with Gasteiger partial charge in [0, 0.05) is 26.2 Å². The van der Waals surface area contributed by atoms with E-state index in [1.807, 2.05) is 49.6 Å². The van der Waals surface area contributed by atoms with Gasteiger partial charge in [-0.2, -0.15) is 4.31 Å². The maximum atomic E-state index is 13.2. The molecule has 7 nitrogen and oxygen atoms in total. The molecule has 2 aromatic carbocycles. The molecule has 174 valence electrons. The van der Waals surface area contributed by atoms with Crippen molar-refractivity contribution >= 4 is 43.9 Å². The minimum Gasteiger partial charge on any atom is -0.339 e. The van der Waals surface area contributed by atoms with Crippen molar-refractivity contribution in [2.45, 2.75) is 24.8 Å². The second kappa shape index (κ2) is 9.62. The monoisotopic (exact) mass is 485 g/mol. The molecule has 0 bridgehead atoms. The van der Waals surface area contributed by atoms with Crippen molar-refractivity contribution in [3.8, 4) is 0 Å². The third-order valence-electron chi connectivity index (χ3n) is 5.87. The largest absolute Gasteiger partial charge is 0.339 e. The smallest absolute Gasteiger partial charge is 0.262 e. The van der Waals surface area contributed by atoms with Gasteiger partial charge in [-0.25, -0.2) is 8.42 Å². The van der Waals surface area contributed by atoms with Crippen molar-refractivity contribution in [1.29, 1.82) is 0 Å². The standard InChI is InChI=1S/C24H27N3O4S2/c1-17(2)22(25-23(28)21-8-5-15-32-21)24(29)26-11-13-27(14-12-26)33(30,31)20-10-9-18-6-3-4-7-19(18)16-20/h3-10,15-17,22H,11-14H2,1-2H3,(H,25,28). The van der Waals surface area contributed by atoms with Crippen LogP contribution in [0.15, 0.2) is 64.9 Å². The number of nitrogens with zero attached hydrogens (tertiary/aromatic N) is 2. The first-order valence-electron chi connectivity index (χ1n) is 10.9. The van der Waals surface area contributed by atoms with Crippen molar-refractivity contribution in [3.05, 3.63) is 64.9 Å². The van der Waals surface area contributed by atoms with Gasteiger partial charge in [-0.3, -0.25) is 9.59 Å². The van der Waals surface area contributed by atoms with Crippen molar-refractivity contribution in [1.82, 2.24) is 14.5 Å². The molecule has 1 atom stereocenters. The van der Waals surface area contributed by atoms with Gasteiger partial charge in [-0.05, 0) is 40.3 Å². The molecular formula is C24H27N3O4S2. The summed E-state index contributed by atoms with van der Waals surface area (Å²) in [7, 11) is -3.66. The lowest BCUT2D eigenvalue weighted by Crippen LogP contribution is -2.57. The van der Waals surface area contributed by atoms with Crippen LogP contribution in [0.3, 0.4) is 0 Å². The summed E-state index contributed by atoms with van der Waals surface area (Å²) in [6.07, 6.45) is 0. The number of sulfonamides is 1. The highest BCUT2D eigenvalue weighted by Gasteiger charge is 2.34. The van der Waals surface area contributed by atoms with Gasteiger partial charge in [0.05, 0.1) is 9.77 Å². The topological polar surface area (TPSA) is 86.8 Å². The fraction of sp³-hybridized carbons (Fsp3) is 0.333. The molecule has 1 aromatic heterocycles. The summed E-state index contributed by atoms with van der Waals surface area (Å²) in [6, 6.07) is 15.6. The van der Waals surface area contributed by atoms with E-state index in [1.165, 1.54) is 15.6 Å². The third-order valence-corrected chi connectivity index (χ3v) is 8.64. The summed E-state index contributed by atoms with van der Waals surface area (Å²) in [4.78, 5) is 28.1. The highest BCUT2D eigenvalue weighted by atomic mass is 32.2. The minimum atomic E-state index is -3.66. The van der Waals surface area contributed by atoms with Crippen molar-refractivity contribution < 1.29 is 18.0 Å². The average molecular weight is 486 g/mol. The summed E-state index contributed by atoms with van der Waals surface area (Å²) in [5, 5.41) is 6.52. The van der Waals surface area contributed by atoms with Gasteiger partial charge in [-0.1, -0.05) is 50.2 Å². The summed E-state index contributed by atoms with van der Waals surface area (Å²) in [6.45, 7) is 4.76. The first-order chi connectivity index (χ1) is 15.8. The first kappa shape index (κ1) is 23.4. The summed E-state index contributed by atoms with van der Waals surface area (Å²) in [5.74, 6) is -0.548. The number of fused-ring (bicyclic) bond motifs is 1. The van der Waals surface area contributed by atoms with Crippen LogP contribution in [0.25, 0.3) is 10.8 Å². The Balaban J connectivity index is 1.43. The fourth-order valence-electron chi connectivity index (χ4n) is 3.96. The van der Waals surface area contributed by atoms with E-state index in [0.717, 1.165) is 10.8 Å². The summed E-state index contributed by atoms with van der Waals surface area (Å²) in [5.41, 5.74) is 0. The number of amides is 2. The Labute approximate surface area is 198 Å². The van der Waals surface area contributed by atoms with Gasteiger partial charge in [0.1, 0.15) is 6.04 Å². The zero-order valence-corrected chi connectivity index (χ0v) is 20.2. The van der Waals surface area contributed by atoms with Gasteiger partial charge in [-0.15, -0.1) is 11.3 Å². The molecule has 2 amide bonds. The van der Waals surface area contributed by atoms with E-state index < -0.39 is 16.1 Å². The Morgan fingerprint density at radius 1 is 0.939 bits per heavy atom. The number of carbonyl (C=O) groups is 2. The average Bonchev–Trinajstić information content (AvgIpc) is 3.37. The molecule has 9 heteroatoms. The molecule has 1 fully saturated rings. The minimum absolute atomic E-state index is 0.0965. The predicted octanol–water partition coefficient (Wildman–Crippen LogP) is 3.19. The van der Waals surface area contributed by atoms with Crippen LogP contribution in [0.1, 0.15) is 23.5 Å². The number of thiophene rings is 1. The van der Waals surface area contributed by atoms with Crippen LogP contribution in [-0.2, 0) is 14.8 Å². The second-order valence-corrected chi connectivity index (χ2v) is 11.3. The molecule has 0 saturated carbocycles. The van der Waals surface area contributed by atoms with Gasteiger partial charge in [0.15, 0.2) is 0 Å². The number of nitrogens with one attached hydrogen (secondary N) is 1. The zero-order chi connectivity index (χ0) is 23.6. The van der Waals surface area contributed by atoms with Crippen LogP contribution in [0.4, 0.5) is 0 Å². The van der Waals surface area contributed by atoms with Crippen LogP contribution in [0.5, 0.6) is 0 Å². The molecule has 0 aliphatic carbocycles. The lowest BCUT2D eigenvalue weighted by atomic mass is 10.0. The van der Waals surface area contributed by atoms with Gasteiger partial charge in [0.25, 0.3) is 5.91 Å². The van der Waals surface area contributed by atoms with Crippen LogP contribution in [0.2, 0.25) is 0 Å². The Bertz CT molecular complexity index is 1250. The van der Waals surface area contributed by atoms with Crippen LogP contribution < -0.4 is 5.32 Å². The molecule has 4 rings (SSSR count). The Morgan fingerprint density at radius 2 is 1.64 bits per heavy atom. The number of carbonyl (C=O) groups excluding carboxylic acids is 2. The molecular weight excluding hydrogens is 458 g/mol. The maximum Gasteiger partial charge on any atom is 0.262 e. The lowest BCUT2D eigenvalue weighted by Gasteiger charge is -2.36. The number of rotatable bonds is 6. The van der Waals surface area contributed by atoms with Crippen LogP contribution in [-0.4, -0.2) is 61.7 Å². The summed E-state index contributed by atoms with van der Waals surface area (Å²) < 4.78 is 27.8. The molecule has 1 unspecified atom stereocenters. The highest BCUT2D eigenvalue weighted by molar-refractivity contribution is 7.89. The predicted molar refractivity (Wildman–Crippen MR) is 130 cm³/mol. The van der Waals surface area contributed by atoms with Gasteiger partial charge >= 0.3 is 0 Å². The normalized spacial score (nSPS) is 16.2. The Morgan fingerprint density at radius 3 is 2.27 bits per heavy atom. The third kappa shape index (κ3) is 4.95. The molecule has 33 heavy (non-hydrogen) atoms. The second-order valence-electron chi connectivity index (χ2n) is 8.41. The van der Waals surface area contributed by atoms with Gasteiger partial charge in [0.2, 0.25) is 15.9 Å². The van der Waals surface area contributed by atoms with Crippen molar-refractivity contribution in [3.63, 3.8) is 0 Å². The molecule has 1 N–H and O–H groups in total. The number of hydrogen-bond donors (Lipinski definition) is 1. The van der Waals surface area contributed by atoms with E-state index in [9.17, 15) is 18.0 Å². The molecule has 1 aliphatic rings. The SMILES string of the molecule is CC(C)C(NC(=O)c1cccs1)C(=O)N1CCN(S(=O)(=O)c2ccc3ccccc3c2)CC1. The number of piperazine rings is 1. The van der Waals surface area contributed by atoms with Crippen LogP contribution in [0, 0.1) is 5.92 Å². The molecule has 3 aromatic rings. The van der Waals surface area contributed by atoms with Crippen molar-refractivity contribution in [2.75, 3.05) is 26.2 Å². The molecule has 0 spiro atoms. The highest BCUT2D eigenvalue weighted by Crippen LogP contribution is 2.23. The quantitative estimate of drug-likeness (QED) is 0.581. The Hall–Kier alpha value is -2.75. The number of benzene rings is 2. The first-order valence-corrected chi connectivity index (χ1v) is 13.2. The zero-order valence-electron chi connectivity index (χ0n) is 18.6. The maximum absolute atomic E-state index is 13.2.